The lowest BCUT2D eigenvalue weighted by Crippen LogP contribution is -2.51. The maximum atomic E-state index is 13.1. The number of hydrogen-bond donors (Lipinski definition) is 1. The summed E-state index contributed by atoms with van der Waals surface area (Å²) in [6.07, 6.45) is 12.3. The van der Waals surface area contributed by atoms with Crippen molar-refractivity contribution in [3.63, 3.8) is 0 Å². The zero-order valence-corrected chi connectivity index (χ0v) is 16.1. The van der Waals surface area contributed by atoms with Crippen LogP contribution in [0.25, 0.3) is 0 Å². The summed E-state index contributed by atoms with van der Waals surface area (Å²) >= 11 is 0. The molecule has 0 atom stereocenters. The molecule has 26 heavy (non-hydrogen) atoms. The minimum Gasteiger partial charge on any atom is -0.494 e. The summed E-state index contributed by atoms with van der Waals surface area (Å²) in [5.41, 5.74) is 0.826. The number of carbonyl (C=O) groups excluding carboxylic acids is 1. The first-order chi connectivity index (χ1) is 12.7. The summed E-state index contributed by atoms with van der Waals surface area (Å²) in [7, 11) is 0. The summed E-state index contributed by atoms with van der Waals surface area (Å²) in [4.78, 5) is 13.1. The average molecular weight is 356 g/mol. The molecule has 5 rings (SSSR count). The van der Waals surface area contributed by atoms with Gasteiger partial charge in [-0.1, -0.05) is 26.2 Å². The monoisotopic (exact) mass is 355 g/mol. The Hall–Kier alpha value is -1.51. The molecular formula is C23H33NO2. The number of benzene rings is 1. The predicted octanol–water partition coefficient (Wildman–Crippen LogP) is 5.80. The van der Waals surface area contributed by atoms with Gasteiger partial charge in [-0.05, 0) is 87.0 Å². The van der Waals surface area contributed by atoms with E-state index >= 15 is 0 Å². The number of unbranched alkanes of at least 4 members (excludes halogenated alkanes) is 3. The number of anilines is 1. The van der Waals surface area contributed by atoms with Crippen molar-refractivity contribution in [3.8, 4) is 5.75 Å². The highest BCUT2D eigenvalue weighted by Gasteiger charge is 2.54. The molecule has 3 heteroatoms. The van der Waals surface area contributed by atoms with Crippen molar-refractivity contribution in [1.82, 2.24) is 0 Å². The molecule has 0 unspecified atom stereocenters. The third-order valence-electron chi connectivity index (χ3n) is 6.90. The molecule has 4 aliphatic rings. The predicted molar refractivity (Wildman–Crippen MR) is 105 cm³/mol. The Morgan fingerprint density at radius 2 is 1.62 bits per heavy atom. The van der Waals surface area contributed by atoms with Gasteiger partial charge in [-0.2, -0.15) is 0 Å². The normalized spacial score (nSPS) is 31.8. The van der Waals surface area contributed by atoms with Gasteiger partial charge in [-0.15, -0.1) is 0 Å². The topological polar surface area (TPSA) is 38.3 Å². The minimum atomic E-state index is -0.0802. The van der Waals surface area contributed by atoms with E-state index in [0.29, 0.717) is 0 Å². The van der Waals surface area contributed by atoms with Gasteiger partial charge in [-0.25, -0.2) is 0 Å². The van der Waals surface area contributed by atoms with E-state index in [1.54, 1.807) is 0 Å². The largest absolute Gasteiger partial charge is 0.494 e. The molecule has 3 nitrogen and oxygen atoms in total. The first-order valence-corrected chi connectivity index (χ1v) is 10.7. The Morgan fingerprint density at radius 3 is 2.19 bits per heavy atom. The van der Waals surface area contributed by atoms with Gasteiger partial charge < -0.3 is 10.1 Å². The molecule has 4 saturated carbocycles. The first-order valence-electron chi connectivity index (χ1n) is 10.7. The molecule has 4 aliphatic carbocycles. The molecule has 1 N–H and O–H groups in total. The van der Waals surface area contributed by atoms with Gasteiger partial charge in [0.2, 0.25) is 5.91 Å². The molecule has 0 aliphatic heterocycles. The first kappa shape index (κ1) is 17.9. The summed E-state index contributed by atoms with van der Waals surface area (Å²) in [6, 6.07) is 7.93. The highest BCUT2D eigenvalue weighted by atomic mass is 16.5. The van der Waals surface area contributed by atoms with Gasteiger partial charge in [0.1, 0.15) is 5.75 Å². The maximum absolute atomic E-state index is 13.1. The number of nitrogens with one attached hydrogen (secondary N) is 1. The summed E-state index contributed by atoms with van der Waals surface area (Å²) in [5.74, 6) is 3.57. The minimum absolute atomic E-state index is 0.0802. The van der Waals surface area contributed by atoms with Crippen molar-refractivity contribution >= 4 is 11.6 Å². The van der Waals surface area contributed by atoms with E-state index in [-0.39, 0.29) is 11.3 Å². The Morgan fingerprint density at radius 1 is 1.00 bits per heavy atom. The molecule has 1 aromatic carbocycles. The van der Waals surface area contributed by atoms with Gasteiger partial charge in [0.05, 0.1) is 12.0 Å². The standard InChI is InChI=1S/C23H33NO2/c1-2-3-4-5-10-26-21-8-6-20(7-9-21)24-22(25)23-14-17-11-18(15-23)13-19(12-17)16-23/h6-9,17-19H,2-5,10-16H2,1H3,(H,24,25). The fourth-order valence-electron chi connectivity index (χ4n) is 6.01. The Bertz CT molecular complexity index is 586. The van der Waals surface area contributed by atoms with Crippen LogP contribution in [-0.2, 0) is 4.79 Å². The second-order valence-corrected chi connectivity index (χ2v) is 9.09. The van der Waals surface area contributed by atoms with Crippen LogP contribution in [0.5, 0.6) is 5.75 Å². The lowest BCUT2D eigenvalue weighted by Gasteiger charge is -2.55. The van der Waals surface area contributed by atoms with Crippen molar-refractivity contribution in [2.24, 2.45) is 23.2 Å². The Kier molecular flexibility index (Phi) is 5.24. The SMILES string of the molecule is CCCCCCOc1ccc(NC(=O)C23CC4CC(CC(C4)C2)C3)cc1. The fraction of sp³-hybridized carbons (Fsp3) is 0.696. The molecule has 142 valence electrons. The van der Waals surface area contributed by atoms with Crippen LogP contribution in [0.4, 0.5) is 5.69 Å². The van der Waals surface area contributed by atoms with Crippen LogP contribution in [0.15, 0.2) is 24.3 Å². The highest BCUT2D eigenvalue weighted by molar-refractivity contribution is 5.95. The van der Waals surface area contributed by atoms with Crippen LogP contribution in [0, 0.1) is 23.2 Å². The van der Waals surface area contributed by atoms with Crippen molar-refractivity contribution in [2.45, 2.75) is 71.1 Å². The zero-order valence-electron chi connectivity index (χ0n) is 16.1. The maximum Gasteiger partial charge on any atom is 0.230 e. The second-order valence-electron chi connectivity index (χ2n) is 9.09. The highest BCUT2D eigenvalue weighted by Crippen LogP contribution is 2.60. The number of rotatable bonds is 8. The van der Waals surface area contributed by atoms with Crippen molar-refractivity contribution in [3.05, 3.63) is 24.3 Å². The number of ether oxygens (including phenoxy) is 1. The van der Waals surface area contributed by atoms with Crippen LogP contribution in [-0.4, -0.2) is 12.5 Å². The van der Waals surface area contributed by atoms with Crippen molar-refractivity contribution in [2.75, 3.05) is 11.9 Å². The molecule has 1 amide bonds. The van der Waals surface area contributed by atoms with Gasteiger partial charge in [-0.3, -0.25) is 4.79 Å². The smallest absolute Gasteiger partial charge is 0.230 e. The number of hydrogen-bond acceptors (Lipinski definition) is 2. The van der Waals surface area contributed by atoms with Gasteiger partial charge in [0.15, 0.2) is 0 Å². The Balaban J connectivity index is 1.31. The van der Waals surface area contributed by atoms with E-state index in [1.165, 1.54) is 38.5 Å². The third kappa shape index (κ3) is 3.77. The molecule has 0 saturated heterocycles. The molecule has 1 aromatic rings. The van der Waals surface area contributed by atoms with E-state index in [0.717, 1.165) is 61.5 Å². The molecule has 4 fully saturated rings. The van der Waals surface area contributed by atoms with Gasteiger partial charge >= 0.3 is 0 Å². The summed E-state index contributed by atoms with van der Waals surface area (Å²) < 4.78 is 5.80. The Labute approximate surface area is 157 Å². The fourth-order valence-corrected chi connectivity index (χ4v) is 6.01. The van der Waals surface area contributed by atoms with E-state index in [9.17, 15) is 4.79 Å². The van der Waals surface area contributed by atoms with Crippen LogP contribution in [0.2, 0.25) is 0 Å². The molecule has 0 aromatic heterocycles. The van der Waals surface area contributed by atoms with E-state index in [2.05, 4.69) is 12.2 Å². The zero-order chi connectivity index (χ0) is 18.0. The van der Waals surface area contributed by atoms with E-state index < -0.39 is 0 Å². The quantitative estimate of drug-likeness (QED) is 0.598. The van der Waals surface area contributed by atoms with Crippen LogP contribution < -0.4 is 10.1 Å². The lowest BCUT2D eigenvalue weighted by atomic mass is 9.49. The molecule has 0 heterocycles. The molecule has 0 spiro atoms. The molecule has 0 radical (unpaired) electrons. The van der Waals surface area contributed by atoms with E-state index in [1.807, 2.05) is 24.3 Å². The van der Waals surface area contributed by atoms with Crippen molar-refractivity contribution < 1.29 is 9.53 Å². The number of amides is 1. The van der Waals surface area contributed by atoms with Crippen LogP contribution in [0.3, 0.4) is 0 Å². The van der Waals surface area contributed by atoms with Crippen LogP contribution in [0.1, 0.15) is 71.1 Å². The van der Waals surface area contributed by atoms with Gasteiger partial charge in [0.25, 0.3) is 0 Å². The average Bonchev–Trinajstić information content (AvgIpc) is 2.62. The summed E-state index contributed by atoms with van der Waals surface area (Å²) in [5, 5.41) is 3.22. The molecular weight excluding hydrogens is 322 g/mol. The lowest BCUT2D eigenvalue weighted by molar-refractivity contribution is -0.140. The number of carbonyl (C=O) groups is 1. The van der Waals surface area contributed by atoms with Crippen LogP contribution >= 0.6 is 0 Å². The van der Waals surface area contributed by atoms with Gasteiger partial charge in [0, 0.05) is 5.69 Å². The summed E-state index contributed by atoms with van der Waals surface area (Å²) in [6.45, 7) is 3.00. The van der Waals surface area contributed by atoms with Crippen molar-refractivity contribution in [1.29, 1.82) is 0 Å². The molecule has 4 bridgehead atoms. The second kappa shape index (κ2) is 7.62. The van der Waals surface area contributed by atoms with E-state index in [4.69, 9.17) is 4.74 Å². The third-order valence-corrected chi connectivity index (χ3v) is 6.90.